The summed E-state index contributed by atoms with van der Waals surface area (Å²) in [5, 5.41) is 3.20. The lowest BCUT2D eigenvalue weighted by molar-refractivity contribution is 0.394. The summed E-state index contributed by atoms with van der Waals surface area (Å²) in [5.41, 5.74) is 0.565. The van der Waals surface area contributed by atoms with E-state index in [1.807, 2.05) is 6.92 Å². The first-order chi connectivity index (χ1) is 10.0. The van der Waals surface area contributed by atoms with Gasteiger partial charge in [0, 0.05) is 25.8 Å². The summed E-state index contributed by atoms with van der Waals surface area (Å²) in [6.07, 6.45) is 3.47. The minimum atomic E-state index is -3.57. The molecule has 1 aromatic rings. The lowest BCUT2D eigenvalue weighted by atomic mass is 10.1. The molecule has 1 aromatic heterocycles. The molecule has 0 aromatic carbocycles. The zero-order chi connectivity index (χ0) is 15.3. The second kappa shape index (κ2) is 7.20. The van der Waals surface area contributed by atoms with Crippen molar-refractivity contribution in [3.05, 3.63) is 18.3 Å². The van der Waals surface area contributed by atoms with Crippen LogP contribution in [0.1, 0.15) is 19.8 Å². The molecule has 7 heteroatoms. The Kier molecular flexibility index (Phi) is 5.55. The first-order valence-corrected chi connectivity index (χ1v) is 8.88. The molecule has 1 saturated heterocycles. The highest BCUT2D eigenvalue weighted by molar-refractivity contribution is 7.89. The third-order valence-corrected chi connectivity index (χ3v) is 5.02. The molecule has 0 bridgehead atoms. The van der Waals surface area contributed by atoms with Crippen molar-refractivity contribution >= 4 is 15.7 Å². The van der Waals surface area contributed by atoms with Crippen LogP contribution in [0.2, 0.25) is 0 Å². The van der Waals surface area contributed by atoms with Crippen LogP contribution in [0, 0.1) is 5.92 Å². The highest BCUT2D eigenvalue weighted by atomic mass is 32.2. The summed E-state index contributed by atoms with van der Waals surface area (Å²) in [7, 11) is -1.51. The van der Waals surface area contributed by atoms with Crippen molar-refractivity contribution in [3.63, 3.8) is 0 Å². The number of rotatable bonds is 7. The van der Waals surface area contributed by atoms with E-state index in [2.05, 4.69) is 27.0 Å². The Labute approximate surface area is 127 Å². The maximum absolute atomic E-state index is 12.4. The molecule has 2 heterocycles. The first-order valence-electron chi connectivity index (χ1n) is 7.40. The van der Waals surface area contributed by atoms with Crippen molar-refractivity contribution in [3.8, 4) is 0 Å². The molecule has 2 N–H and O–H groups in total. The topological polar surface area (TPSA) is 74.3 Å². The molecule has 2 rings (SSSR count). The normalized spacial score (nSPS) is 19.8. The van der Waals surface area contributed by atoms with Gasteiger partial charge in [0.15, 0.2) is 5.03 Å². The fraction of sp³-hybridized carbons (Fsp3) is 0.643. The van der Waals surface area contributed by atoms with Crippen molar-refractivity contribution < 1.29 is 8.42 Å². The van der Waals surface area contributed by atoms with Gasteiger partial charge in [0.2, 0.25) is 0 Å². The molecule has 1 aliphatic heterocycles. The van der Waals surface area contributed by atoms with Crippen LogP contribution in [-0.4, -0.2) is 51.5 Å². The Hall–Kier alpha value is -1.18. The molecule has 0 spiro atoms. The molecule has 21 heavy (non-hydrogen) atoms. The van der Waals surface area contributed by atoms with Crippen molar-refractivity contribution in [1.29, 1.82) is 0 Å². The van der Waals surface area contributed by atoms with Gasteiger partial charge >= 0.3 is 0 Å². The van der Waals surface area contributed by atoms with Crippen LogP contribution in [0.25, 0.3) is 0 Å². The van der Waals surface area contributed by atoms with Crippen LogP contribution in [0.4, 0.5) is 5.69 Å². The van der Waals surface area contributed by atoms with Crippen LogP contribution in [0.3, 0.4) is 0 Å². The molecule has 0 aliphatic carbocycles. The van der Waals surface area contributed by atoms with Crippen LogP contribution < -0.4 is 10.0 Å². The zero-order valence-corrected chi connectivity index (χ0v) is 13.5. The van der Waals surface area contributed by atoms with E-state index in [0.717, 1.165) is 32.5 Å². The van der Waals surface area contributed by atoms with Crippen molar-refractivity contribution in [2.75, 3.05) is 38.5 Å². The number of hydrogen-bond acceptors (Lipinski definition) is 5. The molecule has 1 aliphatic rings. The molecular formula is C14H24N4O2S. The maximum Gasteiger partial charge on any atom is 0.260 e. The SMILES string of the molecule is CCCNc1cccnc1S(=O)(=O)NCC1CCN(C)C1. The minimum Gasteiger partial charge on any atom is -0.383 e. The van der Waals surface area contributed by atoms with Gasteiger partial charge in [-0.3, -0.25) is 0 Å². The average Bonchev–Trinajstić information content (AvgIpc) is 2.89. The number of nitrogens with zero attached hydrogens (tertiary/aromatic N) is 2. The lowest BCUT2D eigenvalue weighted by Crippen LogP contribution is -2.31. The summed E-state index contributed by atoms with van der Waals surface area (Å²) in [6.45, 7) is 5.19. The second-order valence-electron chi connectivity index (χ2n) is 5.55. The van der Waals surface area contributed by atoms with Crippen LogP contribution >= 0.6 is 0 Å². The summed E-state index contributed by atoms with van der Waals surface area (Å²) in [4.78, 5) is 6.26. The molecule has 1 unspecified atom stereocenters. The Balaban J connectivity index is 2.05. The van der Waals surface area contributed by atoms with Crippen molar-refractivity contribution in [1.82, 2.24) is 14.6 Å². The smallest absolute Gasteiger partial charge is 0.260 e. The van der Waals surface area contributed by atoms with Crippen LogP contribution in [0.5, 0.6) is 0 Å². The van der Waals surface area contributed by atoms with Gasteiger partial charge in [0.1, 0.15) is 0 Å². The molecular weight excluding hydrogens is 288 g/mol. The molecule has 0 radical (unpaired) electrons. The molecule has 1 fully saturated rings. The third kappa shape index (κ3) is 4.39. The zero-order valence-electron chi connectivity index (χ0n) is 12.7. The van der Waals surface area contributed by atoms with E-state index in [-0.39, 0.29) is 5.03 Å². The highest BCUT2D eigenvalue weighted by Crippen LogP contribution is 2.19. The number of hydrogen-bond donors (Lipinski definition) is 2. The Morgan fingerprint density at radius 1 is 1.48 bits per heavy atom. The fourth-order valence-corrected chi connectivity index (χ4v) is 3.71. The number of aromatic nitrogens is 1. The number of likely N-dealkylation sites (tertiary alicyclic amines) is 1. The summed E-state index contributed by atoms with van der Waals surface area (Å²) < 4.78 is 27.6. The van der Waals surface area contributed by atoms with Crippen LogP contribution in [0.15, 0.2) is 23.4 Å². The van der Waals surface area contributed by atoms with Gasteiger partial charge in [-0.2, -0.15) is 0 Å². The number of anilines is 1. The van der Waals surface area contributed by atoms with Gasteiger partial charge < -0.3 is 10.2 Å². The van der Waals surface area contributed by atoms with Crippen molar-refractivity contribution in [2.45, 2.75) is 24.8 Å². The van der Waals surface area contributed by atoms with E-state index in [1.54, 1.807) is 12.1 Å². The van der Waals surface area contributed by atoms with E-state index in [9.17, 15) is 8.42 Å². The standard InChI is InChI=1S/C14H24N4O2S/c1-3-7-15-13-5-4-8-16-14(13)21(19,20)17-10-12-6-9-18(2)11-12/h4-5,8,12,15,17H,3,6-7,9-11H2,1-2H3. The summed E-state index contributed by atoms with van der Waals surface area (Å²) in [6, 6.07) is 3.49. The minimum absolute atomic E-state index is 0.0878. The molecule has 0 amide bonds. The van der Waals surface area contributed by atoms with E-state index >= 15 is 0 Å². The average molecular weight is 312 g/mol. The molecule has 1 atom stereocenters. The van der Waals surface area contributed by atoms with E-state index in [1.165, 1.54) is 6.20 Å². The summed E-state index contributed by atoms with van der Waals surface area (Å²) in [5.74, 6) is 0.375. The predicted molar refractivity (Wildman–Crippen MR) is 83.8 cm³/mol. The number of pyridine rings is 1. The van der Waals surface area contributed by atoms with Gasteiger partial charge in [0.25, 0.3) is 10.0 Å². The molecule has 6 nitrogen and oxygen atoms in total. The van der Waals surface area contributed by atoms with Gasteiger partial charge in [-0.05, 0) is 44.5 Å². The largest absolute Gasteiger partial charge is 0.383 e. The Morgan fingerprint density at radius 2 is 2.29 bits per heavy atom. The lowest BCUT2D eigenvalue weighted by Gasteiger charge is -2.14. The quantitative estimate of drug-likeness (QED) is 0.789. The summed E-state index contributed by atoms with van der Waals surface area (Å²) >= 11 is 0. The van der Waals surface area contributed by atoms with Gasteiger partial charge in [-0.25, -0.2) is 18.1 Å². The highest BCUT2D eigenvalue weighted by Gasteiger charge is 2.24. The Bertz CT molecular complexity index is 562. The van der Waals surface area contributed by atoms with Gasteiger partial charge in [-0.15, -0.1) is 0 Å². The number of sulfonamides is 1. The van der Waals surface area contributed by atoms with Crippen LogP contribution in [-0.2, 0) is 10.0 Å². The fourth-order valence-electron chi connectivity index (χ4n) is 2.49. The monoisotopic (exact) mass is 312 g/mol. The van der Waals surface area contributed by atoms with E-state index in [0.29, 0.717) is 18.2 Å². The van der Waals surface area contributed by atoms with Crippen molar-refractivity contribution in [2.24, 2.45) is 5.92 Å². The maximum atomic E-state index is 12.4. The predicted octanol–water partition coefficient (Wildman–Crippen LogP) is 1.13. The first kappa shape index (κ1) is 16.2. The Morgan fingerprint density at radius 3 is 2.95 bits per heavy atom. The van der Waals surface area contributed by atoms with Gasteiger partial charge in [-0.1, -0.05) is 6.92 Å². The van der Waals surface area contributed by atoms with E-state index in [4.69, 9.17) is 0 Å². The van der Waals surface area contributed by atoms with E-state index < -0.39 is 10.0 Å². The third-order valence-electron chi connectivity index (χ3n) is 3.64. The van der Waals surface area contributed by atoms with Gasteiger partial charge in [0.05, 0.1) is 5.69 Å². The molecule has 118 valence electrons. The molecule has 0 saturated carbocycles. The number of nitrogens with one attached hydrogen (secondary N) is 2. The second-order valence-corrected chi connectivity index (χ2v) is 7.23.